The van der Waals surface area contributed by atoms with E-state index in [4.69, 9.17) is 28.5 Å². The van der Waals surface area contributed by atoms with E-state index in [2.05, 4.69) is 15.3 Å². The molecule has 0 bridgehead atoms. The summed E-state index contributed by atoms with van der Waals surface area (Å²) < 4.78 is 37.9. The maximum absolute atomic E-state index is 12.6. The van der Waals surface area contributed by atoms with E-state index in [0.29, 0.717) is 11.1 Å². The number of benzene rings is 1. The van der Waals surface area contributed by atoms with Gasteiger partial charge < -0.3 is 5.32 Å². The molecule has 2 rings (SSSR count). The largest absolute Gasteiger partial charge is 0.433 e. The molecule has 21 heavy (non-hydrogen) atoms. The van der Waals surface area contributed by atoms with Crippen LogP contribution in [-0.4, -0.2) is 9.97 Å². The van der Waals surface area contributed by atoms with Gasteiger partial charge in [-0.15, -0.1) is 0 Å². The van der Waals surface area contributed by atoms with E-state index in [1.165, 1.54) is 18.2 Å². The number of hydrogen-bond acceptors (Lipinski definition) is 4. The highest BCUT2D eigenvalue weighted by atomic mass is 35.5. The van der Waals surface area contributed by atoms with Gasteiger partial charge in [-0.3, -0.25) is 0 Å². The molecule has 0 aliphatic heterocycles. The van der Waals surface area contributed by atoms with Gasteiger partial charge in [-0.25, -0.2) is 9.97 Å². The second-order valence-electron chi connectivity index (χ2n) is 3.83. The quantitative estimate of drug-likeness (QED) is 0.827. The normalized spacial score (nSPS) is 11.0. The van der Waals surface area contributed by atoms with Gasteiger partial charge in [0.1, 0.15) is 11.9 Å². The molecule has 0 spiro atoms. The van der Waals surface area contributed by atoms with Gasteiger partial charge in [-0.1, -0.05) is 11.6 Å². The number of nitriles is 1. The van der Waals surface area contributed by atoms with Crippen LogP contribution in [0.3, 0.4) is 0 Å². The summed E-state index contributed by atoms with van der Waals surface area (Å²) in [5.41, 5.74) is -0.777. The van der Waals surface area contributed by atoms with E-state index in [9.17, 15) is 13.2 Å². The van der Waals surface area contributed by atoms with E-state index in [0.717, 1.165) is 0 Å². The standard InChI is InChI=1S/C12H5Cl2F3N4/c13-7-2-1-6(5-18)8(3-7)19-10-4-9(12(15,16)17)20-11(14)21-10/h1-4H,(H,19,20,21). The Morgan fingerprint density at radius 1 is 1.14 bits per heavy atom. The Hall–Kier alpha value is -2.04. The SMILES string of the molecule is N#Cc1ccc(Cl)cc1Nc1cc(C(F)(F)F)nc(Cl)n1. The van der Waals surface area contributed by atoms with Crippen LogP contribution < -0.4 is 5.32 Å². The highest BCUT2D eigenvalue weighted by molar-refractivity contribution is 6.31. The first-order valence-electron chi connectivity index (χ1n) is 5.38. The first-order chi connectivity index (χ1) is 9.79. The minimum absolute atomic E-state index is 0.193. The Balaban J connectivity index is 2.43. The number of nitrogens with one attached hydrogen (secondary N) is 1. The molecule has 0 saturated heterocycles. The van der Waals surface area contributed by atoms with Crippen molar-refractivity contribution >= 4 is 34.7 Å². The summed E-state index contributed by atoms with van der Waals surface area (Å²) >= 11 is 11.3. The first kappa shape index (κ1) is 15.4. The van der Waals surface area contributed by atoms with Crippen molar-refractivity contribution in [3.63, 3.8) is 0 Å². The molecule has 0 aliphatic carbocycles. The Morgan fingerprint density at radius 2 is 1.86 bits per heavy atom. The third-order valence-corrected chi connectivity index (χ3v) is 2.76. The van der Waals surface area contributed by atoms with Crippen LogP contribution in [0, 0.1) is 11.3 Å². The fraction of sp³-hybridized carbons (Fsp3) is 0.0833. The predicted molar refractivity (Wildman–Crippen MR) is 71.5 cm³/mol. The van der Waals surface area contributed by atoms with Crippen LogP contribution >= 0.6 is 23.2 Å². The molecule has 1 N–H and O–H groups in total. The molecule has 108 valence electrons. The van der Waals surface area contributed by atoms with Crippen LogP contribution in [0.25, 0.3) is 0 Å². The highest BCUT2D eigenvalue weighted by Crippen LogP contribution is 2.31. The van der Waals surface area contributed by atoms with Crippen LogP contribution in [0.5, 0.6) is 0 Å². The third-order valence-electron chi connectivity index (χ3n) is 2.35. The summed E-state index contributed by atoms with van der Waals surface area (Å²) in [7, 11) is 0. The van der Waals surface area contributed by atoms with Crippen molar-refractivity contribution in [1.82, 2.24) is 9.97 Å². The lowest BCUT2D eigenvalue weighted by Crippen LogP contribution is -2.10. The average molecular weight is 333 g/mol. The molecule has 1 aromatic carbocycles. The molecule has 9 heteroatoms. The van der Waals surface area contributed by atoms with Gasteiger partial charge in [0, 0.05) is 11.1 Å². The summed E-state index contributed by atoms with van der Waals surface area (Å²) in [5, 5.41) is 11.3. The van der Waals surface area contributed by atoms with E-state index in [1.807, 2.05) is 6.07 Å². The average Bonchev–Trinajstić information content (AvgIpc) is 2.37. The zero-order chi connectivity index (χ0) is 15.6. The molecular weight excluding hydrogens is 328 g/mol. The minimum atomic E-state index is -4.66. The topological polar surface area (TPSA) is 61.6 Å². The Kier molecular flexibility index (Phi) is 4.21. The van der Waals surface area contributed by atoms with Crippen molar-refractivity contribution in [3.05, 3.63) is 45.8 Å². The minimum Gasteiger partial charge on any atom is -0.339 e. The lowest BCUT2D eigenvalue weighted by atomic mass is 10.2. The van der Waals surface area contributed by atoms with Gasteiger partial charge >= 0.3 is 6.18 Å². The Morgan fingerprint density at radius 3 is 2.48 bits per heavy atom. The van der Waals surface area contributed by atoms with Gasteiger partial charge in [-0.05, 0) is 29.8 Å². The van der Waals surface area contributed by atoms with Crippen molar-refractivity contribution in [2.75, 3.05) is 5.32 Å². The molecule has 0 radical (unpaired) electrons. The van der Waals surface area contributed by atoms with Gasteiger partial charge in [0.05, 0.1) is 11.3 Å². The smallest absolute Gasteiger partial charge is 0.339 e. The third kappa shape index (κ3) is 3.74. The predicted octanol–water partition coefficient (Wildman–Crippen LogP) is 4.42. The number of alkyl halides is 3. The monoisotopic (exact) mass is 332 g/mol. The fourth-order valence-electron chi connectivity index (χ4n) is 1.48. The molecule has 0 saturated carbocycles. The Labute approximate surface area is 127 Å². The number of halogens is 5. The number of nitrogens with zero attached hydrogens (tertiary/aromatic N) is 3. The zero-order valence-corrected chi connectivity index (χ0v) is 11.6. The summed E-state index contributed by atoms with van der Waals surface area (Å²) in [6.45, 7) is 0. The fourth-order valence-corrected chi connectivity index (χ4v) is 1.84. The number of rotatable bonds is 2. The van der Waals surface area contributed by atoms with Gasteiger partial charge in [-0.2, -0.15) is 18.4 Å². The number of aromatic nitrogens is 2. The van der Waals surface area contributed by atoms with Gasteiger partial charge in [0.2, 0.25) is 5.28 Å². The molecule has 0 aliphatic rings. The molecule has 0 fully saturated rings. The molecule has 0 unspecified atom stereocenters. The van der Waals surface area contributed by atoms with E-state index in [-0.39, 0.29) is 17.1 Å². The second kappa shape index (κ2) is 5.76. The maximum Gasteiger partial charge on any atom is 0.433 e. The van der Waals surface area contributed by atoms with E-state index in [1.54, 1.807) is 0 Å². The summed E-state index contributed by atoms with van der Waals surface area (Å²) in [6.07, 6.45) is -4.66. The lowest BCUT2D eigenvalue weighted by Gasteiger charge is -2.11. The molecule has 0 atom stereocenters. The van der Waals surface area contributed by atoms with Gasteiger partial charge in [0.15, 0.2) is 5.69 Å². The van der Waals surface area contributed by atoms with E-state index >= 15 is 0 Å². The van der Waals surface area contributed by atoms with Crippen LogP contribution in [0.15, 0.2) is 24.3 Å². The van der Waals surface area contributed by atoms with E-state index < -0.39 is 17.2 Å². The molecule has 0 amide bonds. The lowest BCUT2D eigenvalue weighted by molar-refractivity contribution is -0.141. The second-order valence-corrected chi connectivity index (χ2v) is 4.61. The zero-order valence-electron chi connectivity index (χ0n) is 10.0. The van der Waals surface area contributed by atoms with Crippen molar-refractivity contribution in [2.45, 2.75) is 6.18 Å². The molecule has 2 aromatic rings. The van der Waals surface area contributed by atoms with Crippen LogP contribution in [0.2, 0.25) is 10.3 Å². The van der Waals surface area contributed by atoms with Crippen molar-refractivity contribution in [3.8, 4) is 6.07 Å². The molecular formula is C12H5Cl2F3N4. The van der Waals surface area contributed by atoms with Crippen molar-refractivity contribution in [2.24, 2.45) is 0 Å². The van der Waals surface area contributed by atoms with Crippen LogP contribution in [0.1, 0.15) is 11.3 Å². The van der Waals surface area contributed by atoms with Gasteiger partial charge in [0.25, 0.3) is 0 Å². The van der Waals surface area contributed by atoms with Crippen molar-refractivity contribution in [1.29, 1.82) is 5.26 Å². The van der Waals surface area contributed by atoms with Crippen molar-refractivity contribution < 1.29 is 13.2 Å². The maximum atomic E-state index is 12.6. The highest BCUT2D eigenvalue weighted by Gasteiger charge is 2.33. The number of anilines is 2. The summed E-state index contributed by atoms with van der Waals surface area (Å²) in [5.74, 6) is -0.193. The number of hydrogen-bond donors (Lipinski definition) is 1. The molecule has 4 nitrogen and oxygen atoms in total. The van der Waals surface area contributed by atoms with Crippen LogP contribution in [-0.2, 0) is 6.18 Å². The summed E-state index contributed by atoms with van der Waals surface area (Å²) in [6, 6.07) is 6.88. The molecule has 1 aromatic heterocycles. The first-order valence-corrected chi connectivity index (χ1v) is 6.13. The Bertz CT molecular complexity index is 725. The summed E-state index contributed by atoms with van der Waals surface area (Å²) in [4.78, 5) is 6.74. The molecule has 1 heterocycles. The van der Waals surface area contributed by atoms with Crippen LogP contribution in [0.4, 0.5) is 24.7 Å².